The van der Waals surface area contributed by atoms with Crippen LogP contribution in [-0.2, 0) is 6.61 Å². The lowest BCUT2D eigenvalue weighted by Crippen LogP contribution is -1.99. The molecule has 0 aliphatic carbocycles. The van der Waals surface area contributed by atoms with E-state index >= 15 is 0 Å². The van der Waals surface area contributed by atoms with Crippen molar-refractivity contribution in [2.75, 3.05) is 0 Å². The van der Waals surface area contributed by atoms with Crippen LogP contribution in [0, 0.1) is 6.92 Å². The van der Waals surface area contributed by atoms with E-state index in [9.17, 15) is 0 Å². The summed E-state index contributed by atoms with van der Waals surface area (Å²) in [6.45, 7) is 2.41. The Morgan fingerprint density at radius 2 is 1.85 bits per heavy atom. The van der Waals surface area contributed by atoms with Crippen LogP contribution in [0.3, 0.4) is 0 Å². The Morgan fingerprint density at radius 1 is 1.20 bits per heavy atom. The maximum Gasteiger partial charge on any atom is 0.157 e. The average Bonchev–Trinajstić information content (AvgIpc) is 2.40. The van der Waals surface area contributed by atoms with Gasteiger partial charge in [-0.05, 0) is 35.7 Å². The lowest BCUT2D eigenvalue weighted by atomic mass is 10.1. The normalized spacial score (nSPS) is 10.9. The van der Waals surface area contributed by atoms with Gasteiger partial charge in [-0.25, -0.2) is 0 Å². The van der Waals surface area contributed by atoms with Crippen LogP contribution in [0.2, 0.25) is 10.0 Å². The van der Waals surface area contributed by atoms with E-state index in [1.54, 1.807) is 12.1 Å². The highest BCUT2D eigenvalue weighted by molar-refractivity contribution is 6.37. The van der Waals surface area contributed by atoms with Gasteiger partial charge in [0.25, 0.3) is 0 Å². The minimum Gasteiger partial charge on any atom is -0.486 e. The van der Waals surface area contributed by atoms with Crippen molar-refractivity contribution in [1.82, 2.24) is 0 Å². The first-order chi connectivity index (χ1) is 9.61. The van der Waals surface area contributed by atoms with Gasteiger partial charge in [-0.15, -0.1) is 0 Å². The standard InChI is InChI=1S/C15H13Cl2NO2/c1-10-4-2-3-5-12(10)9-20-15-13(16)6-11(8-18-19)7-14(15)17/h2-8,19H,9H2,1H3/b18-8-. The molecule has 104 valence electrons. The molecule has 0 saturated heterocycles. The van der Waals surface area contributed by atoms with E-state index < -0.39 is 0 Å². The Morgan fingerprint density at radius 3 is 2.45 bits per heavy atom. The molecule has 3 nitrogen and oxygen atoms in total. The van der Waals surface area contributed by atoms with Crippen LogP contribution in [0.4, 0.5) is 0 Å². The van der Waals surface area contributed by atoms with Crippen LogP contribution in [0.25, 0.3) is 0 Å². The molecule has 5 heteroatoms. The van der Waals surface area contributed by atoms with Crippen molar-refractivity contribution in [1.29, 1.82) is 0 Å². The van der Waals surface area contributed by atoms with Crippen LogP contribution >= 0.6 is 23.2 Å². The molecule has 20 heavy (non-hydrogen) atoms. The summed E-state index contributed by atoms with van der Waals surface area (Å²) < 4.78 is 5.70. The second-order valence-electron chi connectivity index (χ2n) is 4.27. The zero-order valence-corrected chi connectivity index (χ0v) is 12.3. The van der Waals surface area contributed by atoms with Crippen molar-refractivity contribution in [2.45, 2.75) is 13.5 Å². The minimum absolute atomic E-state index is 0.376. The predicted octanol–water partition coefficient (Wildman–Crippen LogP) is 4.69. The summed E-state index contributed by atoms with van der Waals surface area (Å²) in [4.78, 5) is 0. The smallest absolute Gasteiger partial charge is 0.157 e. The van der Waals surface area contributed by atoms with Crippen LogP contribution in [0.1, 0.15) is 16.7 Å². The molecule has 0 aliphatic heterocycles. The molecule has 0 heterocycles. The Hall–Kier alpha value is -1.71. The number of hydrogen-bond donors (Lipinski definition) is 1. The molecule has 1 N–H and O–H groups in total. The largest absolute Gasteiger partial charge is 0.486 e. The third kappa shape index (κ3) is 3.44. The minimum atomic E-state index is 0.376. The third-order valence-corrected chi connectivity index (χ3v) is 3.42. The van der Waals surface area contributed by atoms with Gasteiger partial charge in [0, 0.05) is 0 Å². The first-order valence-corrected chi connectivity index (χ1v) is 6.71. The molecule has 2 aromatic carbocycles. The monoisotopic (exact) mass is 309 g/mol. The van der Waals surface area contributed by atoms with Crippen molar-refractivity contribution in [3.8, 4) is 5.75 Å². The van der Waals surface area contributed by atoms with Crippen LogP contribution in [0.5, 0.6) is 5.75 Å². The molecule has 2 aromatic rings. The quantitative estimate of drug-likeness (QED) is 0.506. The molecule has 0 unspecified atom stereocenters. The summed E-state index contributed by atoms with van der Waals surface area (Å²) in [6, 6.07) is 11.2. The van der Waals surface area contributed by atoms with Crippen molar-refractivity contribution >= 4 is 29.4 Å². The van der Waals surface area contributed by atoms with E-state index in [1.165, 1.54) is 6.21 Å². The van der Waals surface area contributed by atoms with Crippen molar-refractivity contribution in [3.63, 3.8) is 0 Å². The Labute approximate surface area is 127 Å². The van der Waals surface area contributed by atoms with Gasteiger partial charge in [0.1, 0.15) is 6.61 Å². The Bertz CT molecular complexity index is 619. The molecule has 0 spiro atoms. The highest BCUT2D eigenvalue weighted by atomic mass is 35.5. The van der Waals surface area contributed by atoms with Gasteiger partial charge in [-0.1, -0.05) is 52.6 Å². The Balaban J connectivity index is 2.20. The molecule has 2 rings (SSSR count). The molecule has 0 saturated carbocycles. The fraction of sp³-hybridized carbons (Fsp3) is 0.133. The van der Waals surface area contributed by atoms with E-state index in [4.69, 9.17) is 33.1 Å². The summed E-state index contributed by atoms with van der Waals surface area (Å²) >= 11 is 12.2. The SMILES string of the molecule is Cc1ccccc1COc1c(Cl)cc(/C=N\O)cc1Cl. The molecule has 0 fully saturated rings. The number of rotatable bonds is 4. The first kappa shape index (κ1) is 14.7. The molecule has 0 radical (unpaired) electrons. The van der Waals surface area contributed by atoms with E-state index in [0.29, 0.717) is 28.0 Å². The number of oxime groups is 1. The zero-order valence-electron chi connectivity index (χ0n) is 10.8. The van der Waals surface area contributed by atoms with E-state index in [2.05, 4.69) is 5.16 Å². The number of benzene rings is 2. The molecular formula is C15H13Cl2NO2. The van der Waals surface area contributed by atoms with Gasteiger partial charge in [-0.2, -0.15) is 0 Å². The van der Waals surface area contributed by atoms with Crippen molar-refractivity contribution in [2.24, 2.45) is 5.16 Å². The topological polar surface area (TPSA) is 41.8 Å². The maximum atomic E-state index is 8.51. The Kier molecular flexibility index (Phi) is 4.88. The van der Waals surface area contributed by atoms with Gasteiger partial charge >= 0.3 is 0 Å². The number of nitrogens with zero attached hydrogens (tertiary/aromatic N) is 1. The van der Waals surface area contributed by atoms with Gasteiger partial charge in [0.15, 0.2) is 5.75 Å². The van der Waals surface area contributed by atoms with E-state index in [1.807, 2.05) is 31.2 Å². The second-order valence-corrected chi connectivity index (χ2v) is 5.09. The second kappa shape index (κ2) is 6.64. The summed E-state index contributed by atoms with van der Waals surface area (Å²) in [7, 11) is 0. The lowest BCUT2D eigenvalue weighted by molar-refractivity contribution is 0.306. The number of hydrogen-bond acceptors (Lipinski definition) is 3. The highest BCUT2D eigenvalue weighted by Crippen LogP contribution is 2.34. The summed E-state index contributed by atoms with van der Waals surface area (Å²) in [5, 5.41) is 12.2. The van der Waals surface area contributed by atoms with Gasteiger partial charge in [-0.3, -0.25) is 0 Å². The van der Waals surface area contributed by atoms with Crippen LogP contribution in [0.15, 0.2) is 41.6 Å². The van der Waals surface area contributed by atoms with E-state index in [0.717, 1.165) is 11.1 Å². The molecule has 0 bridgehead atoms. The summed E-state index contributed by atoms with van der Waals surface area (Å²) in [5.41, 5.74) is 2.81. The number of ether oxygens (including phenoxy) is 1. The molecular weight excluding hydrogens is 297 g/mol. The maximum absolute atomic E-state index is 8.51. The highest BCUT2D eigenvalue weighted by Gasteiger charge is 2.10. The zero-order chi connectivity index (χ0) is 14.5. The molecule has 0 atom stereocenters. The van der Waals surface area contributed by atoms with Crippen molar-refractivity contribution < 1.29 is 9.94 Å². The first-order valence-electron chi connectivity index (χ1n) is 5.95. The van der Waals surface area contributed by atoms with Crippen molar-refractivity contribution in [3.05, 3.63) is 63.1 Å². The summed E-state index contributed by atoms with van der Waals surface area (Å²) in [5.74, 6) is 0.423. The lowest BCUT2D eigenvalue weighted by Gasteiger charge is -2.12. The average molecular weight is 310 g/mol. The van der Waals surface area contributed by atoms with Crippen LogP contribution in [-0.4, -0.2) is 11.4 Å². The fourth-order valence-corrected chi connectivity index (χ4v) is 2.39. The number of halogens is 2. The van der Waals surface area contributed by atoms with E-state index in [-0.39, 0.29) is 0 Å². The van der Waals surface area contributed by atoms with Gasteiger partial charge in [0.2, 0.25) is 0 Å². The molecule has 0 aliphatic rings. The van der Waals surface area contributed by atoms with Gasteiger partial charge < -0.3 is 9.94 Å². The van der Waals surface area contributed by atoms with Gasteiger partial charge in [0.05, 0.1) is 16.3 Å². The van der Waals surface area contributed by atoms with Crippen LogP contribution < -0.4 is 4.74 Å². The predicted molar refractivity (Wildman–Crippen MR) is 81.4 cm³/mol. The number of aryl methyl sites for hydroxylation is 1. The fourth-order valence-electron chi connectivity index (χ4n) is 1.78. The molecule has 0 amide bonds. The molecule has 0 aromatic heterocycles. The third-order valence-electron chi connectivity index (χ3n) is 2.86. The summed E-state index contributed by atoms with van der Waals surface area (Å²) in [6.07, 6.45) is 1.25.